The smallest absolute Gasteiger partial charge is 0.00721 e. The average molecular weight is 152 g/mol. The van der Waals surface area contributed by atoms with Gasteiger partial charge < -0.3 is 0 Å². The van der Waals surface area contributed by atoms with Gasteiger partial charge in [0.15, 0.2) is 0 Å². The van der Waals surface area contributed by atoms with Gasteiger partial charge >= 0.3 is 0 Å². The molecule has 0 fully saturated rings. The molecule has 0 aliphatic heterocycles. The summed E-state index contributed by atoms with van der Waals surface area (Å²) in [5.41, 5.74) is 0. The van der Waals surface area contributed by atoms with E-state index in [4.69, 9.17) is 0 Å². The summed E-state index contributed by atoms with van der Waals surface area (Å²) in [6, 6.07) is 0. The van der Waals surface area contributed by atoms with Crippen molar-refractivity contribution in [1.29, 1.82) is 0 Å². The minimum atomic E-state index is 0. The maximum Gasteiger partial charge on any atom is -0.00721 e. The van der Waals surface area contributed by atoms with E-state index in [9.17, 15) is 0 Å². The van der Waals surface area contributed by atoms with Crippen molar-refractivity contribution in [2.24, 2.45) is 5.92 Å². The number of hydrogen-bond donors (Lipinski definition) is 1. The lowest BCUT2D eigenvalue weighted by molar-refractivity contribution is 0.586. The van der Waals surface area contributed by atoms with Crippen LogP contribution in [0.25, 0.3) is 0 Å². The lowest BCUT2D eigenvalue weighted by atomic mass is 10.1. The Hall–Kier alpha value is 0.700. The van der Waals surface area contributed by atoms with Gasteiger partial charge in [-0.1, -0.05) is 26.7 Å². The molecule has 0 aromatic carbocycles. The van der Waals surface area contributed by atoms with E-state index >= 15 is 0 Å². The molecule has 0 rings (SSSR count). The lowest BCUT2D eigenvalue weighted by Crippen LogP contribution is -1.93. The molecule has 0 N–H and O–H groups in total. The Morgan fingerprint density at radius 1 is 1.50 bits per heavy atom. The van der Waals surface area contributed by atoms with E-state index in [2.05, 4.69) is 26.5 Å². The van der Waals surface area contributed by atoms with Crippen molar-refractivity contribution in [2.45, 2.75) is 26.7 Å². The highest BCUT2D eigenvalue weighted by Gasteiger charge is 1.93. The Labute approximate surface area is 64.9 Å². The molecule has 0 spiro atoms. The third-order valence-corrected chi connectivity index (χ3v) is 1.72. The van der Waals surface area contributed by atoms with Gasteiger partial charge in [0.2, 0.25) is 0 Å². The van der Waals surface area contributed by atoms with Crippen molar-refractivity contribution < 1.29 is 0 Å². The van der Waals surface area contributed by atoms with Gasteiger partial charge in [-0.2, -0.15) is 26.1 Å². The first-order chi connectivity index (χ1) is 3.31. The molecule has 0 aromatic heterocycles. The molecule has 0 bridgehead atoms. The predicted octanol–water partition coefficient (Wildman–Crippen LogP) is 2.47. The maximum atomic E-state index is 4.15. The van der Waals surface area contributed by atoms with Crippen LogP contribution in [0.15, 0.2) is 0 Å². The van der Waals surface area contributed by atoms with E-state index in [0.717, 1.165) is 11.7 Å². The van der Waals surface area contributed by atoms with Crippen LogP contribution in [0.2, 0.25) is 0 Å². The first-order valence-electron chi connectivity index (χ1n) is 2.92. The minimum Gasteiger partial charge on any atom is -0.197 e. The Morgan fingerprint density at radius 2 is 2.00 bits per heavy atom. The SMILES string of the molecule is CCCC(C)CS.S. The first kappa shape index (κ1) is 11.5. The molecular formula is C6H16S2. The van der Waals surface area contributed by atoms with E-state index < -0.39 is 0 Å². The maximum absolute atomic E-state index is 4.15. The molecule has 1 unspecified atom stereocenters. The van der Waals surface area contributed by atoms with Crippen molar-refractivity contribution in [2.75, 3.05) is 5.75 Å². The molecule has 0 saturated heterocycles. The second-order valence-electron chi connectivity index (χ2n) is 2.08. The molecule has 0 aromatic rings. The van der Waals surface area contributed by atoms with E-state index in [1.165, 1.54) is 12.8 Å². The summed E-state index contributed by atoms with van der Waals surface area (Å²) in [7, 11) is 0. The molecule has 0 radical (unpaired) electrons. The quantitative estimate of drug-likeness (QED) is 0.590. The van der Waals surface area contributed by atoms with Crippen LogP contribution in [-0.2, 0) is 0 Å². The fourth-order valence-corrected chi connectivity index (χ4v) is 0.767. The Balaban J connectivity index is 0. The Kier molecular flexibility index (Phi) is 11.1. The van der Waals surface area contributed by atoms with Crippen molar-refractivity contribution in [3.8, 4) is 0 Å². The van der Waals surface area contributed by atoms with Gasteiger partial charge in [-0.15, -0.1) is 0 Å². The highest BCUT2D eigenvalue weighted by molar-refractivity contribution is 7.80. The standard InChI is InChI=1S/C6H14S.H2S/c1-3-4-6(2)5-7;/h6-7H,3-5H2,1-2H3;1H2. The molecule has 0 nitrogen and oxygen atoms in total. The van der Waals surface area contributed by atoms with Crippen LogP contribution in [0.4, 0.5) is 0 Å². The molecule has 0 heterocycles. The van der Waals surface area contributed by atoms with Gasteiger partial charge in [-0.25, -0.2) is 0 Å². The number of hydrogen-bond acceptors (Lipinski definition) is 1. The van der Waals surface area contributed by atoms with Gasteiger partial charge in [0.25, 0.3) is 0 Å². The summed E-state index contributed by atoms with van der Waals surface area (Å²) in [6.07, 6.45) is 2.62. The lowest BCUT2D eigenvalue weighted by Gasteiger charge is -2.01. The highest BCUT2D eigenvalue weighted by atomic mass is 32.1. The Morgan fingerprint density at radius 3 is 2.12 bits per heavy atom. The van der Waals surface area contributed by atoms with Crippen LogP contribution < -0.4 is 0 Å². The monoisotopic (exact) mass is 152 g/mol. The summed E-state index contributed by atoms with van der Waals surface area (Å²) >= 11 is 4.15. The fourth-order valence-electron chi connectivity index (χ4n) is 0.584. The molecule has 52 valence electrons. The third-order valence-electron chi connectivity index (χ3n) is 1.09. The summed E-state index contributed by atoms with van der Waals surface area (Å²) in [5, 5.41) is 0. The van der Waals surface area contributed by atoms with Crippen molar-refractivity contribution in [3.05, 3.63) is 0 Å². The largest absolute Gasteiger partial charge is 0.197 e. The van der Waals surface area contributed by atoms with E-state index in [-0.39, 0.29) is 13.5 Å². The van der Waals surface area contributed by atoms with Gasteiger partial charge in [0.1, 0.15) is 0 Å². The molecule has 8 heavy (non-hydrogen) atoms. The molecule has 0 aliphatic carbocycles. The number of rotatable bonds is 3. The normalized spacial score (nSPS) is 12.4. The second kappa shape index (κ2) is 7.70. The zero-order chi connectivity index (χ0) is 5.70. The highest BCUT2D eigenvalue weighted by Crippen LogP contribution is 2.04. The van der Waals surface area contributed by atoms with Crippen molar-refractivity contribution >= 4 is 26.1 Å². The predicted molar refractivity (Wildman–Crippen MR) is 48.3 cm³/mol. The van der Waals surface area contributed by atoms with Crippen LogP contribution in [0.1, 0.15) is 26.7 Å². The van der Waals surface area contributed by atoms with Gasteiger partial charge in [-0.3, -0.25) is 0 Å². The number of thiol groups is 1. The van der Waals surface area contributed by atoms with Crippen LogP contribution in [-0.4, -0.2) is 5.75 Å². The fraction of sp³-hybridized carbons (Fsp3) is 1.00. The summed E-state index contributed by atoms with van der Waals surface area (Å²) in [4.78, 5) is 0. The summed E-state index contributed by atoms with van der Waals surface area (Å²) < 4.78 is 0. The summed E-state index contributed by atoms with van der Waals surface area (Å²) in [5.74, 6) is 1.85. The van der Waals surface area contributed by atoms with Gasteiger partial charge in [0, 0.05) is 0 Å². The van der Waals surface area contributed by atoms with E-state index in [1.54, 1.807) is 0 Å². The van der Waals surface area contributed by atoms with Crippen LogP contribution in [0, 0.1) is 5.92 Å². The van der Waals surface area contributed by atoms with Crippen LogP contribution >= 0.6 is 26.1 Å². The van der Waals surface area contributed by atoms with Crippen LogP contribution in [0.3, 0.4) is 0 Å². The molecule has 0 saturated carbocycles. The van der Waals surface area contributed by atoms with E-state index in [1.807, 2.05) is 0 Å². The topological polar surface area (TPSA) is 0 Å². The molecule has 0 aliphatic rings. The third kappa shape index (κ3) is 6.70. The van der Waals surface area contributed by atoms with Gasteiger partial charge in [-0.05, 0) is 11.7 Å². The molecule has 1 atom stereocenters. The van der Waals surface area contributed by atoms with Crippen molar-refractivity contribution in [3.63, 3.8) is 0 Å². The molecule has 2 heteroatoms. The zero-order valence-corrected chi connectivity index (χ0v) is 7.54. The summed E-state index contributed by atoms with van der Waals surface area (Å²) in [6.45, 7) is 4.44. The Bertz CT molecular complexity index is 37.5. The minimum absolute atomic E-state index is 0. The zero-order valence-electron chi connectivity index (χ0n) is 5.65. The van der Waals surface area contributed by atoms with Gasteiger partial charge in [0.05, 0.1) is 0 Å². The second-order valence-corrected chi connectivity index (χ2v) is 2.44. The van der Waals surface area contributed by atoms with Crippen molar-refractivity contribution in [1.82, 2.24) is 0 Å². The van der Waals surface area contributed by atoms with E-state index in [0.29, 0.717) is 0 Å². The molecular weight excluding hydrogens is 136 g/mol. The average Bonchev–Trinajstić information content (AvgIpc) is 1.68. The molecule has 0 amide bonds. The van der Waals surface area contributed by atoms with Crippen LogP contribution in [0.5, 0.6) is 0 Å². The first-order valence-corrected chi connectivity index (χ1v) is 3.55.